The van der Waals surface area contributed by atoms with Gasteiger partial charge in [-0.25, -0.2) is 4.39 Å². The maximum atomic E-state index is 13.0. The van der Waals surface area contributed by atoms with Crippen molar-refractivity contribution < 1.29 is 43.9 Å². The second-order valence-electron chi connectivity index (χ2n) is 3.48. The third-order valence-corrected chi connectivity index (χ3v) is 3.13. The Morgan fingerprint density at radius 3 is 1.47 bits per heavy atom. The number of rotatable bonds is 0. The fraction of sp³-hybridized carbons (Fsp3) is 0.714. The van der Waals surface area contributed by atoms with E-state index in [-0.39, 0.29) is 0 Å². The maximum absolute atomic E-state index is 13.0. The van der Waals surface area contributed by atoms with E-state index in [1.807, 2.05) is 0 Å². The van der Waals surface area contributed by atoms with Crippen LogP contribution in [0.1, 0.15) is 0 Å². The fourth-order valence-electron chi connectivity index (χ4n) is 1.29. The fourth-order valence-corrected chi connectivity index (χ4v) is 1.90. The zero-order valence-electron chi connectivity index (χ0n) is 8.04. The van der Waals surface area contributed by atoms with E-state index in [9.17, 15) is 43.9 Å². The van der Waals surface area contributed by atoms with Crippen LogP contribution in [-0.2, 0) is 0 Å². The van der Waals surface area contributed by atoms with Gasteiger partial charge in [-0.15, -0.1) is 0 Å². The van der Waals surface area contributed by atoms with Gasteiger partial charge in [-0.1, -0.05) is 23.2 Å². The average Bonchev–Trinajstić information content (AvgIpc) is 2.12. The molecule has 0 heterocycles. The van der Waals surface area contributed by atoms with Gasteiger partial charge in [0.15, 0.2) is 5.83 Å². The summed E-state index contributed by atoms with van der Waals surface area (Å²) in [5.74, 6) is -23.1. The first-order chi connectivity index (χ1) is 8.03. The number of hydrogen-bond donors (Lipinski definition) is 0. The van der Waals surface area contributed by atoms with Crippen LogP contribution in [0.15, 0.2) is 11.4 Å². The molecule has 12 heteroatoms. The molecule has 1 aliphatic carbocycles. The second kappa shape index (κ2) is 3.84. The van der Waals surface area contributed by atoms with Crippen molar-refractivity contribution in [3.05, 3.63) is 11.4 Å². The Labute approximate surface area is 107 Å². The van der Waals surface area contributed by atoms with Crippen LogP contribution in [-0.4, -0.2) is 28.3 Å². The molecule has 0 aliphatic heterocycles. The Kier molecular flexibility index (Phi) is 3.37. The van der Waals surface area contributed by atoms with E-state index in [0.717, 1.165) is 0 Å². The minimum Gasteiger partial charge on any atom is -0.204 e. The number of allylic oxidation sites excluding steroid dienone is 2. The predicted octanol–water partition coefficient (Wildman–Crippen LogP) is 4.87. The Hall–Kier alpha value is -0.380. The van der Waals surface area contributed by atoms with E-state index in [1.54, 1.807) is 0 Å². The van der Waals surface area contributed by atoms with E-state index in [0.29, 0.717) is 0 Å². The average molecular weight is 345 g/mol. The lowest BCUT2D eigenvalue weighted by molar-refractivity contribution is -0.314. The van der Waals surface area contributed by atoms with Gasteiger partial charge in [-0.05, 0) is 0 Å². The topological polar surface area (TPSA) is 0 Å². The zero-order chi connectivity index (χ0) is 15.7. The molecule has 0 spiro atoms. The third-order valence-electron chi connectivity index (χ3n) is 2.28. The molecule has 19 heavy (non-hydrogen) atoms. The zero-order valence-corrected chi connectivity index (χ0v) is 9.55. The lowest BCUT2D eigenvalue weighted by atomic mass is 9.87. The van der Waals surface area contributed by atoms with Crippen LogP contribution in [0.25, 0.3) is 0 Å². The van der Waals surface area contributed by atoms with Crippen molar-refractivity contribution in [2.45, 2.75) is 28.3 Å². The Morgan fingerprint density at radius 2 is 1.16 bits per heavy atom. The molecule has 112 valence electrons. The van der Waals surface area contributed by atoms with Crippen LogP contribution in [0.5, 0.6) is 0 Å². The highest BCUT2D eigenvalue weighted by Crippen LogP contribution is 2.65. The molecule has 0 bridgehead atoms. The predicted molar refractivity (Wildman–Crippen MR) is 43.5 cm³/mol. The lowest BCUT2D eigenvalue weighted by Gasteiger charge is -2.44. The molecule has 0 atom stereocenters. The first kappa shape index (κ1) is 16.7. The summed E-state index contributed by atoms with van der Waals surface area (Å²) in [6.07, 6.45) is -6.20. The monoisotopic (exact) mass is 344 g/mol. The normalized spacial score (nSPS) is 28.4. The van der Waals surface area contributed by atoms with Crippen molar-refractivity contribution in [1.82, 2.24) is 0 Å². The van der Waals surface area contributed by atoms with Crippen molar-refractivity contribution in [1.29, 1.82) is 0 Å². The Morgan fingerprint density at radius 1 is 0.789 bits per heavy atom. The molecule has 0 aromatic heterocycles. The third kappa shape index (κ3) is 1.82. The summed E-state index contributed by atoms with van der Waals surface area (Å²) in [5, 5.41) is 0. The van der Waals surface area contributed by atoms with Crippen molar-refractivity contribution in [3.63, 3.8) is 0 Å². The standard InChI is InChI=1S/C7Cl2F10/c8-3(9)1(5(13,14)15)2(10)4(11,12)7(18,19)6(3,16)17. The van der Waals surface area contributed by atoms with Crippen LogP contribution in [0.3, 0.4) is 0 Å². The smallest absolute Gasteiger partial charge is 0.204 e. The largest absolute Gasteiger partial charge is 0.418 e. The summed E-state index contributed by atoms with van der Waals surface area (Å²) in [4.78, 5) is 0. The molecule has 0 nitrogen and oxygen atoms in total. The molecule has 0 saturated carbocycles. The molecule has 0 N–H and O–H groups in total. The van der Waals surface area contributed by atoms with Crippen molar-refractivity contribution in [3.8, 4) is 0 Å². The Balaban J connectivity index is 3.82. The summed E-state index contributed by atoms with van der Waals surface area (Å²) in [6, 6.07) is 0. The van der Waals surface area contributed by atoms with Gasteiger partial charge < -0.3 is 0 Å². The first-order valence-electron chi connectivity index (χ1n) is 4.02. The van der Waals surface area contributed by atoms with Gasteiger partial charge in [0, 0.05) is 0 Å². The van der Waals surface area contributed by atoms with Crippen LogP contribution in [0.4, 0.5) is 43.9 Å². The van der Waals surface area contributed by atoms with Crippen LogP contribution in [0.2, 0.25) is 0 Å². The van der Waals surface area contributed by atoms with E-state index < -0.39 is 39.7 Å². The molecule has 0 fully saturated rings. The van der Waals surface area contributed by atoms with Crippen molar-refractivity contribution in [2.24, 2.45) is 0 Å². The lowest BCUT2D eigenvalue weighted by Crippen LogP contribution is -2.67. The molecule has 0 aromatic rings. The molecule has 1 aliphatic rings. The van der Waals surface area contributed by atoms with Gasteiger partial charge in [0.1, 0.15) is 5.57 Å². The molecule has 0 aromatic carbocycles. The highest BCUT2D eigenvalue weighted by molar-refractivity contribution is 6.51. The molecule has 1 rings (SSSR count). The first-order valence-corrected chi connectivity index (χ1v) is 4.77. The molecule has 0 unspecified atom stereocenters. The minimum absolute atomic E-state index is 3.45. The summed E-state index contributed by atoms with van der Waals surface area (Å²) < 4.78 is 122. The minimum atomic E-state index is -6.54. The number of halogens is 12. The van der Waals surface area contributed by atoms with Crippen LogP contribution >= 0.6 is 23.2 Å². The van der Waals surface area contributed by atoms with Gasteiger partial charge >= 0.3 is 23.9 Å². The van der Waals surface area contributed by atoms with Crippen LogP contribution in [0, 0.1) is 0 Å². The molecule has 0 amide bonds. The summed E-state index contributed by atoms with van der Waals surface area (Å²) in [6.45, 7) is 0. The van der Waals surface area contributed by atoms with E-state index >= 15 is 0 Å². The molecular formula is C7Cl2F10. The van der Waals surface area contributed by atoms with Gasteiger partial charge in [-0.3, -0.25) is 0 Å². The molecule has 0 saturated heterocycles. The van der Waals surface area contributed by atoms with Gasteiger partial charge in [-0.2, -0.15) is 39.5 Å². The van der Waals surface area contributed by atoms with Gasteiger partial charge in [0.25, 0.3) is 0 Å². The summed E-state index contributed by atoms with van der Waals surface area (Å²) in [7, 11) is 0. The Bertz CT molecular complexity index is 432. The summed E-state index contributed by atoms with van der Waals surface area (Å²) in [5.41, 5.74) is -3.45. The SMILES string of the molecule is FC1=C(C(F)(F)F)C(Cl)(Cl)C(F)(F)C(F)(F)C1(F)F. The molecule has 0 radical (unpaired) electrons. The molecular weight excluding hydrogens is 345 g/mol. The van der Waals surface area contributed by atoms with Gasteiger partial charge in [0.05, 0.1) is 0 Å². The second-order valence-corrected chi connectivity index (χ2v) is 4.81. The van der Waals surface area contributed by atoms with E-state index in [2.05, 4.69) is 23.2 Å². The van der Waals surface area contributed by atoms with Crippen molar-refractivity contribution in [2.75, 3.05) is 0 Å². The van der Waals surface area contributed by atoms with Gasteiger partial charge in [0.2, 0.25) is 4.33 Å². The highest BCUT2D eigenvalue weighted by atomic mass is 35.5. The number of hydrogen-bond acceptors (Lipinski definition) is 0. The maximum Gasteiger partial charge on any atom is 0.418 e. The highest BCUT2D eigenvalue weighted by Gasteiger charge is 2.86. The van der Waals surface area contributed by atoms with E-state index in [4.69, 9.17) is 0 Å². The van der Waals surface area contributed by atoms with Crippen molar-refractivity contribution >= 4 is 23.2 Å². The summed E-state index contributed by atoms with van der Waals surface area (Å²) >= 11 is 8.81. The number of alkyl halides is 11. The van der Waals surface area contributed by atoms with E-state index in [1.165, 1.54) is 0 Å². The van der Waals surface area contributed by atoms with Crippen LogP contribution < -0.4 is 0 Å². The quantitative estimate of drug-likeness (QED) is 0.434.